The fraction of sp³-hybridized carbons (Fsp3) is 0.708. The summed E-state index contributed by atoms with van der Waals surface area (Å²) in [6, 6.07) is 8.22. The summed E-state index contributed by atoms with van der Waals surface area (Å²) in [5.41, 5.74) is 1.46. The van der Waals surface area contributed by atoms with Gasteiger partial charge in [-0.25, -0.2) is 4.99 Å². The van der Waals surface area contributed by atoms with Gasteiger partial charge in [-0.05, 0) is 37.7 Å². The third kappa shape index (κ3) is 8.68. The summed E-state index contributed by atoms with van der Waals surface area (Å²) in [7, 11) is 1.78. The van der Waals surface area contributed by atoms with Gasteiger partial charge in [-0.15, -0.1) is 24.0 Å². The molecule has 0 bridgehead atoms. The number of rotatable bonds is 12. The van der Waals surface area contributed by atoms with Crippen molar-refractivity contribution in [3.8, 4) is 5.75 Å². The Labute approximate surface area is 210 Å². The molecule has 0 radical (unpaired) electrons. The van der Waals surface area contributed by atoms with Gasteiger partial charge in [0.2, 0.25) is 0 Å². The Kier molecular flexibility index (Phi) is 12.7. The van der Waals surface area contributed by atoms with Crippen LogP contribution in [0.25, 0.3) is 0 Å². The molecule has 1 saturated heterocycles. The van der Waals surface area contributed by atoms with E-state index in [2.05, 4.69) is 28.5 Å². The van der Waals surface area contributed by atoms with Gasteiger partial charge in [-0.1, -0.05) is 24.6 Å². The highest BCUT2D eigenvalue weighted by molar-refractivity contribution is 14.0. The number of methoxy groups -OCH3 is 1. The average molecular weight is 561 g/mol. The topological polar surface area (TPSA) is 67.4 Å². The van der Waals surface area contributed by atoms with Crippen LogP contribution in [-0.4, -0.2) is 77.1 Å². The summed E-state index contributed by atoms with van der Waals surface area (Å²) in [5, 5.41) is 6.96. The van der Waals surface area contributed by atoms with Gasteiger partial charge in [0.25, 0.3) is 0 Å². The summed E-state index contributed by atoms with van der Waals surface area (Å²) in [6.07, 6.45) is 4.95. The number of aliphatic imine (C=N–C) groups is 1. The van der Waals surface area contributed by atoms with Crippen molar-refractivity contribution in [2.45, 2.75) is 39.2 Å². The third-order valence-electron chi connectivity index (χ3n) is 6.37. The second-order valence-electron chi connectivity index (χ2n) is 8.56. The van der Waals surface area contributed by atoms with Crippen LogP contribution in [-0.2, 0) is 16.0 Å². The number of ether oxygens (including phenoxy) is 3. The van der Waals surface area contributed by atoms with Crippen LogP contribution >= 0.6 is 24.0 Å². The van der Waals surface area contributed by atoms with Crippen LogP contribution in [0.1, 0.15) is 38.2 Å². The van der Waals surface area contributed by atoms with Gasteiger partial charge in [-0.2, -0.15) is 0 Å². The molecule has 2 fully saturated rings. The van der Waals surface area contributed by atoms with E-state index >= 15 is 0 Å². The molecule has 1 aromatic rings. The first-order valence-electron chi connectivity index (χ1n) is 11.8. The van der Waals surface area contributed by atoms with Crippen LogP contribution in [0.3, 0.4) is 0 Å². The van der Waals surface area contributed by atoms with Crippen LogP contribution in [0, 0.1) is 5.41 Å². The number of hydrogen-bond acceptors (Lipinski definition) is 5. The maximum atomic E-state index is 6.11. The molecule has 3 rings (SSSR count). The van der Waals surface area contributed by atoms with Crippen molar-refractivity contribution >= 4 is 29.9 Å². The molecule has 2 N–H and O–H groups in total. The van der Waals surface area contributed by atoms with Gasteiger partial charge < -0.3 is 24.8 Å². The fourth-order valence-corrected chi connectivity index (χ4v) is 4.17. The number of hydrogen-bond donors (Lipinski definition) is 2. The number of para-hydroxylation sites is 1. The van der Waals surface area contributed by atoms with Crippen molar-refractivity contribution in [1.82, 2.24) is 15.5 Å². The van der Waals surface area contributed by atoms with E-state index in [1.165, 1.54) is 19.3 Å². The summed E-state index contributed by atoms with van der Waals surface area (Å²) in [5.74, 6) is 1.79. The van der Waals surface area contributed by atoms with Crippen LogP contribution in [0.4, 0.5) is 0 Å². The third-order valence-corrected chi connectivity index (χ3v) is 6.37. The molecule has 0 amide bonds. The van der Waals surface area contributed by atoms with Crippen LogP contribution < -0.4 is 15.4 Å². The minimum Gasteiger partial charge on any atom is -0.492 e. The molecule has 182 valence electrons. The van der Waals surface area contributed by atoms with Gasteiger partial charge >= 0.3 is 0 Å². The Morgan fingerprint density at radius 3 is 2.62 bits per heavy atom. The highest BCUT2D eigenvalue weighted by Crippen LogP contribution is 2.43. The second-order valence-corrected chi connectivity index (χ2v) is 8.56. The molecule has 0 spiro atoms. The average Bonchev–Trinajstić information content (AvgIpc) is 2.78. The lowest BCUT2D eigenvalue weighted by Gasteiger charge is -2.42. The largest absolute Gasteiger partial charge is 0.492 e. The zero-order valence-corrected chi connectivity index (χ0v) is 22.1. The van der Waals surface area contributed by atoms with Gasteiger partial charge in [0, 0.05) is 52.0 Å². The van der Waals surface area contributed by atoms with Crippen molar-refractivity contribution in [3.63, 3.8) is 0 Å². The molecule has 1 aromatic carbocycles. The SMILES string of the molecule is CCNC(=NCc1ccccc1OCCN1CCOCC1)NCC1(CCOC)CCC1.I. The lowest BCUT2D eigenvalue weighted by atomic mass is 9.67. The van der Waals surface area contributed by atoms with E-state index < -0.39 is 0 Å². The van der Waals surface area contributed by atoms with E-state index in [4.69, 9.17) is 19.2 Å². The highest BCUT2D eigenvalue weighted by Gasteiger charge is 2.36. The summed E-state index contributed by atoms with van der Waals surface area (Å²) >= 11 is 0. The number of nitrogens with zero attached hydrogens (tertiary/aromatic N) is 2. The van der Waals surface area contributed by atoms with Crippen LogP contribution in [0.15, 0.2) is 29.3 Å². The molecule has 2 aliphatic rings. The molecule has 1 aliphatic heterocycles. The smallest absolute Gasteiger partial charge is 0.191 e. The number of benzene rings is 1. The monoisotopic (exact) mass is 560 g/mol. The lowest BCUT2D eigenvalue weighted by Crippen LogP contribution is -2.47. The maximum absolute atomic E-state index is 6.11. The quantitative estimate of drug-likeness (QED) is 0.233. The highest BCUT2D eigenvalue weighted by atomic mass is 127. The molecular weight excluding hydrogens is 519 g/mol. The Morgan fingerprint density at radius 1 is 1.16 bits per heavy atom. The van der Waals surface area contributed by atoms with Crippen molar-refractivity contribution in [1.29, 1.82) is 0 Å². The van der Waals surface area contributed by atoms with E-state index in [1.54, 1.807) is 7.11 Å². The minimum absolute atomic E-state index is 0. The van der Waals surface area contributed by atoms with Crippen molar-refractivity contribution in [3.05, 3.63) is 29.8 Å². The summed E-state index contributed by atoms with van der Waals surface area (Å²) in [6.45, 7) is 10.5. The molecule has 32 heavy (non-hydrogen) atoms. The molecule has 1 heterocycles. The summed E-state index contributed by atoms with van der Waals surface area (Å²) in [4.78, 5) is 7.23. The van der Waals surface area contributed by atoms with Crippen molar-refractivity contribution in [2.75, 3.05) is 66.3 Å². The molecule has 0 aromatic heterocycles. The van der Waals surface area contributed by atoms with E-state index in [0.29, 0.717) is 18.6 Å². The van der Waals surface area contributed by atoms with E-state index in [-0.39, 0.29) is 24.0 Å². The zero-order valence-electron chi connectivity index (χ0n) is 19.7. The normalized spacial score (nSPS) is 18.4. The van der Waals surface area contributed by atoms with Crippen molar-refractivity contribution < 1.29 is 14.2 Å². The van der Waals surface area contributed by atoms with Gasteiger partial charge in [-0.3, -0.25) is 4.90 Å². The fourth-order valence-electron chi connectivity index (χ4n) is 4.17. The molecule has 0 unspecified atom stereocenters. The first kappa shape index (κ1) is 27.1. The molecule has 8 heteroatoms. The number of morpholine rings is 1. The standard InChI is InChI=1S/C24H40N4O3.HI/c1-3-25-23(27-20-24(9-6-10-24)11-15-29-2)26-19-21-7-4-5-8-22(21)31-18-14-28-12-16-30-17-13-28;/h4-5,7-8H,3,6,9-20H2,1-2H3,(H2,25,26,27);1H. The second kappa shape index (κ2) is 14.9. The molecule has 1 saturated carbocycles. The van der Waals surface area contributed by atoms with Crippen molar-refractivity contribution in [2.24, 2.45) is 10.4 Å². The molecule has 0 atom stereocenters. The van der Waals surface area contributed by atoms with Gasteiger partial charge in [0.05, 0.1) is 19.8 Å². The van der Waals surface area contributed by atoms with Crippen LogP contribution in [0.5, 0.6) is 5.75 Å². The van der Waals surface area contributed by atoms with E-state index in [9.17, 15) is 0 Å². The molecule has 7 nitrogen and oxygen atoms in total. The molecular formula is C24H41IN4O3. The summed E-state index contributed by atoms with van der Waals surface area (Å²) < 4.78 is 16.8. The maximum Gasteiger partial charge on any atom is 0.191 e. The first-order valence-corrected chi connectivity index (χ1v) is 11.8. The number of nitrogens with one attached hydrogen (secondary N) is 2. The lowest BCUT2D eigenvalue weighted by molar-refractivity contribution is 0.0322. The van der Waals surface area contributed by atoms with Gasteiger partial charge in [0.1, 0.15) is 12.4 Å². The van der Waals surface area contributed by atoms with Crippen LogP contribution in [0.2, 0.25) is 0 Å². The predicted molar refractivity (Wildman–Crippen MR) is 140 cm³/mol. The molecule has 1 aliphatic carbocycles. The first-order chi connectivity index (χ1) is 15.2. The number of guanidine groups is 1. The Balaban J connectivity index is 0.00000363. The van der Waals surface area contributed by atoms with Gasteiger partial charge in [0.15, 0.2) is 5.96 Å². The number of halogens is 1. The minimum atomic E-state index is 0. The predicted octanol–water partition coefficient (Wildman–Crippen LogP) is 3.28. The van der Waals surface area contributed by atoms with E-state index in [1.807, 2.05) is 18.2 Å². The Bertz CT molecular complexity index is 679. The zero-order chi connectivity index (χ0) is 21.8. The Morgan fingerprint density at radius 2 is 1.94 bits per heavy atom. The Hall–Kier alpha value is -1.10. The van der Waals surface area contributed by atoms with E-state index in [0.717, 1.165) is 76.2 Å².